The SMILES string of the molecule is C=C(C)COc1cc(Br)c(Sc2c(Br)cc(OCC(=C)C)cc2Br)c(Br)c1. The average molecular weight is 642 g/mol. The van der Waals surface area contributed by atoms with Crippen LogP contribution in [0.15, 0.2) is 76.3 Å². The Labute approximate surface area is 198 Å². The normalized spacial score (nSPS) is 10.6. The van der Waals surface area contributed by atoms with E-state index in [0.29, 0.717) is 13.2 Å². The van der Waals surface area contributed by atoms with Gasteiger partial charge in [0.1, 0.15) is 24.7 Å². The van der Waals surface area contributed by atoms with Crippen LogP contribution in [0.2, 0.25) is 0 Å². The number of halogens is 4. The van der Waals surface area contributed by atoms with Gasteiger partial charge in [0.25, 0.3) is 0 Å². The molecule has 144 valence electrons. The Morgan fingerprint density at radius 2 is 1.04 bits per heavy atom. The van der Waals surface area contributed by atoms with Crippen LogP contribution in [0, 0.1) is 0 Å². The molecule has 0 saturated carbocycles. The van der Waals surface area contributed by atoms with Crippen molar-refractivity contribution in [1.29, 1.82) is 0 Å². The smallest absolute Gasteiger partial charge is 0.122 e. The van der Waals surface area contributed by atoms with Crippen molar-refractivity contribution in [2.45, 2.75) is 23.6 Å². The summed E-state index contributed by atoms with van der Waals surface area (Å²) in [7, 11) is 0. The van der Waals surface area contributed by atoms with Gasteiger partial charge in [-0.15, -0.1) is 0 Å². The van der Waals surface area contributed by atoms with Crippen LogP contribution in [0.4, 0.5) is 0 Å². The molecule has 0 fully saturated rings. The second kappa shape index (κ2) is 10.5. The summed E-state index contributed by atoms with van der Waals surface area (Å²) in [5, 5.41) is 0. The molecule has 0 saturated heterocycles. The quantitative estimate of drug-likeness (QED) is 0.269. The molecule has 0 spiro atoms. The first-order chi connectivity index (χ1) is 12.7. The number of hydrogen-bond donors (Lipinski definition) is 0. The fourth-order valence-corrected chi connectivity index (χ4v) is 6.04. The first kappa shape index (κ1) is 23.1. The third kappa shape index (κ3) is 6.96. The first-order valence-corrected chi connectivity index (χ1v) is 11.9. The van der Waals surface area contributed by atoms with Crippen LogP contribution < -0.4 is 9.47 Å². The van der Waals surface area contributed by atoms with Crippen LogP contribution in [0.1, 0.15) is 13.8 Å². The average Bonchev–Trinajstić information content (AvgIpc) is 2.56. The highest BCUT2D eigenvalue weighted by Crippen LogP contribution is 2.47. The lowest BCUT2D eigenvalue weighted by atomic mass is 10.3. The molecule has 0 N–H and O–H groups in total. The molecule has 7 heteroatoms. The van der Waals surface area contributed by atoms with E-state index in [1.165, 1.54) is 0 Å². The zero-order chi connectivity index (χ0) is 20.1. The molecule has 2 aromatic rings. The summed E-state index contributed by atoms with van der Waals surface area (Å²) in [6.07, 6.45) is 0. The molecule has 0 aliphatic carbocycles. The second-order valence-electron chi connectivity index (χ2n) is 6.03. The summed E-state index contributed by atoms with van der Waals surface area (Å²) in [5.74, 6) is 1.56. The fourth-order valence-electron chi connectivity index (χ4n) is 1.95. The Balaban J connectivity index is 2.26. The third-order valence-corrected chi connectivity index (χ3v) is 7.96. The molecular formula is C20H18Br4O2S. The van der Waals surface area contributed by atoms with Gasteiger partial charge in [-0.3, -0.25) is 0 Å². The van der Waals surface area contributed by atoms with Crippen LogP contribution in [-0.4, -0.2) is 13.2 Å². The molecule has 0 aromatic heterocycles. The van der Waals surface area contributed by atoms with Gasteiger partial charge in [0.15, 0.2) is 0 Å². The zero-order valence-electron chi connectivity index (χ0n) is 14.9. The van der Waals surface area contributed by atoms with Gasteiger partial charge in [0.05, 0.1) is 0 Å². The number of rotatable bonds is 8. The zero-order valence-corrected chi connectivity index (χ0v) is 22.0. The molecular weight excluding hydrogens is 624 g/mol. The monoisotopic (exact) mass is 638 g/mol. The minimum atomic E-state index is 0.494. The number of ether oxygens (including phenoxy) is 2. The topological polar surface area (TPSA) is 18.5 Å². The van der Waals surface area contributed by atoms with E-state index in [0.717, 1.165) is 50.3 Å². The van der Waals surface area contributed by atoms with E-state index < -0.39 is 0 Å². The van der Waals surface area contributed by atoms with Crippen LogP contribution in [0.25, 0.3) is 0 Å². The highest BCUT2D eigenvalue weighted by atomic mass is 79.9. The maximum Gasteiger partial charge on any atom is 0.122 e. The summed E-state index contributed by atoms with van der Waals surface area (Å²) in [6.45, 7) is 12.6. The van der Waals surface area contributed by atoms with E-state index in [9.17, 15) is 0 Å². The van der Waals surface area contributed by atoms with Crippen molar-refractivity contribution in [2.24, 2.45) is 0 Å². The van der Waals surface area contributed by atoms with E-state index in [1.54, 1.807) is 11.8 Å². The predicted molar refractivity (Wildman–Crippen MR) is 128 cm³/mol. The molecule has 0 aliphatic heterocycles. The second-order valence-corrected chi connectivity index (χ2v) is 10.5. The Hall–Kier alpha value is -0.210. The van der Waals surface area contributed by atoms with E-state index >= 15 is 0 Å². The van der Waals surface area contributed by atoms with Gasteiger partial charge in [-0.1, -0.05) is 24.9 Å². The Morgan fingerprint density at radius 1 is 0.741 bits per heavy atom. The summed E-state index contributed by atoms with van der Waals surface area (Å²) >= 11 is 16.2. The standard InChI is InChI=1S/C20H18Br4O2S/c1-11(2)9-25-13-5-15(21)19(16(22)6-13)27-20-17(23)7-14(8-18(20)24)26-10-12(3)4/h5-8H,1,3,9-10H2,2,4H3. The van der Waals surface area contributed by atoms with Crippen molar-refractivity contribution in [1.82, 2.24) is 0 Å². The molecule has 0 heterocycles. The van der Waals surface area contributed by atoms with Crippen molar-refractivity contribution in [3.8, 4) is 11.5 Å². The van der Waals surface area contributed by atoms with Gasteiger partial charge in [0.2, 0.25) is 0 Å². The lowest BCUT2D eigenvalue weighted by molar-refractivity contribution is 0.352. The van der Waals surface area contributed by atoms with Crippen molar-refractivity contribution in [3.63, 3.8) is 0 Å². The summed E-state index contributed by atoms with van der Waals surface area (Å²) in [4.78, 5) is 2.10. The van der Waals surface area contributed by atoms with Crippen LogP contribution in [-0.2, 0) is 0 Å². The fraction of sp³-hybridized carbons (Fsp3) is 0.200. The maximum atomic E-state index is 5.73. The molecule has 0 bridgehead atoms. The molecule has 2 rings (SSSR count). The maximum absolute atomic E-state index is 5.73. The Bertz CT molecular complexity index is 763. The first-order valence-electron chi connectivity index (χ1n) is 7.87. The van der Waals surface area contributed by atoms with E-state index in [2.05, 4.69) is 76.9 Å². The van der Waals surface area contributed by atoms with Crippen molar-refractivity contribution in [3.05, 3.63) is 66.5 Å². The van der Waals surface area contributed by atoms with Crippen LogP contribution in [0.3, 0.4) is 0 Å². The van der Waals surface area contributed by atoms with E-state index in [1.807, 2.05) is 38.1 Å². The van der Waals surface area contributed by atoms with Gasteiger partial charge in [-0.25, -0.2) is 0 Å². The van der Waals surface area contributed by atoms with E-state index in [4.69, 9.17) is 9.47 Å². The van der Waals surface area contributed by atoms with Gasteiger partial charge < -0.3 is 9.47 Å². The molecule has 2 aromatic carbocycles. The molecule has 0 amide bonds. The Morgan fingerprint density at radius 3 is 1.30 bits per heavy atom. The summed E-state index contributed by atoms with van der Waals surface area (Å²) < 4.78 is 15.2. The van der Waals surface area contributed by atoms with Crippen molar-refractivity contribution in [2.75, 3.05) is 13.2 Å². The predicted octanol–water partition coefficient (Wildman–Crippen LogP) is 8.80. The molecule has 0 radical (unpaired) electrons. The minimum absolute atomic E-state index is 0.494. The van der Waals surface area contributed by atoms with E-state index in [-0.39, 0.29) is 0 Å². The van der Waals surface area contributed by atoms with Crippen LogP contribution in [0.5, 0.6) is 11.5 Å². The largest absolute Gasteiger partial charge is 0.489 e. The summed E-state index contributed by atoms with van der Waals surface area (Å²) in [6, 6.07) is 7.84. The number of hydrogen-bond acceptors (Lipinski definition) is 3. The molecule has 27 heavy (non-hydrogen) atoms. The third-order valence-electron chi connectivity index (χ3n) is 3.12. The Kier molecular flexibility index (Phi) is 9.00. The van der Waals surface area contributed by atoms with Gasteiger partial charge in [0, 0.05) is 27.7 Å². The summed E-state index contributed by atoms with van der Waals surface area (Å²) in [5.41, 5.74) is 1.95. The van der Waals surface area contributed by atoms with Crippen molar-refractivity contribution < 1.29 is 9.47 Å². The van der Waals surface area contributed by atoms with Gasteiger partial charge >= 0.3 is 0 Å². The minimum Gasteiger partial charge on any atom is -0.489 e. The van der Waals surface area contributed by atoms with Crippen molar-refractivity contribution >= 4 is 75.5 Å². The molecule has 2 nitrogen and oxygen atoms in total. The highest BCUT2D eigenvalue weighted by molar-refractivity contribution is 9.11. The van der Waals surface area contributed by atoms with Gasteiger partial charge in [-0.2, -0.15) is 0 Å². The lowest BCUT2D eigenvalue weighted by Gasteiger charge is -2.14. The molecule has 0 unspecified atom stereocenters. The molecule has 0 atom stereocenters. The van der Waals surface area contributed by atoms with Gasteiger partial charge in [-0.05, 0) is 113 Å². The lowest BCUT2D eigenvalue weighted by Crippen LogP contribution is -1.98. The highest BCUT2D eigenvalue weighted by Gasteiger charge is 2.15. The number of benzene rings is 2. The van der Waals surface area contributed by atoms with Crippen LogP contribution >= 0.6 is 75.5 Å². The molecule has 0 aliphatic rings.